The summed E-state index contributed by atoms with van der Waals surface area (Å²) in [5, 5.41) is 13.4. The highest BCUT2D eigenvalue weighted by molar-refractivity contribution is 5.96. The van der Waals surface area contributed by atoms with Crippen LogP contribution in [0.15, 0.2) is 48.5 Å². The van der Waals surface area contributed by atoms with Crippen LogP contribution in [0, 0.1) is 17.0 Å². The van der Waals surface area contributed by atoms with Crippen molar-refractivity contribution in [1.82, 2.24) is 0 Å². The van der Waals surface area contributed by atoms with E-state index in [2.05, 4.69) is 5.32 Å². The molecule has 1 amide bonds. The molecule has 6 nitrogen and oxygen atoms in total. The Morgan fingerprint density at radius 1 is 1.24 bits per heavy atom. The van der Waals surface area contributed by atoms with Gasteiger partial charge in [0.2, 0.25) is 5.91 Å². The third kappa shape index (κ3) is 3.43. The minimum Gasteiger partial charge on any atom is -0.324 e. The van der Waals surface area contributed by atoms with E-state index in [0.717, 1.165) is 5.56 Å². The molecule has 0 saturated carbocycles. The first kappa shape index (κ1) is 14.7. The Kier molecular flexibility index (Phi) is 4.30. The Morgan fingerprint density at radius 2 is 1.90 bits per heavy atom. The topological polar surface area (TPSA) is 98.3 Å². The number of nitrogens with one attached hydrogen (secondary N) is 1. The minimum absolute atomic E-state index is 0.0795. The van der Waals surface area contributed by atoms with Crippen LogP contribution >= 0.6 is 0 Å². The van der Waals surface area contributed by atoms with Gasteiger partial charge in [-0.15, -0.1) is 0 Å². The second kappa shape index (κ2) is 6.15. The molecule has 2 aromatic carbocycles. The molecule has 0 bridgehead atoms. The summed E-state index contributed by atoms with van der Waals surface area (Å²) < 4.78 is 0. The maximum Gasteiger partial charge on any atom is 0.271 e. The third-order valence-corrected chi connectivity index (χ3v) is 3.13. The number of nitro groups is 1. The smallest absolute Gasteiger partial charge is 0.271 e. The molecule has 0 aliphatic heterocycles. The Hall–Kier alpha value is -2.73. The molecule has 0 radical (unpaired) electrons. The van der Waals surface area contributed by atoms with Crippen molar-refractivity contribution in [3.63, 3.8) is 0 Å². The van der Waals surface area contributed by atoms with Gasteiger partial charge in [0, 0.05) is 12.1 Å². The van der Waals surface area contributed by atoms with Gasteiger partial charge in [0.05, 0.1) is 10.6 Å². The Balaban J connectivity index is 2.20. The number of non-ortho nitro benzene ring substituents is 1. The van der Waals surface area contributed by atoms with Gasteiger partial charge in [0.25, 0.3) is 5.69 Å². The second-order valence-corrected chi connectivity index (χ2v) is 4.63. The third-order valence-electron chi connectivity index (χ3n) is 3.13. The maximum atomic E-state index is 12.1. The van der Waals surface area contributed by atoms with E-state index >= 15 is 0 Å². The van der Waals surface area contributed by atoms with Gasteiger partial charge in [-0.25, -0.2) is 0 Å². The fraction of sp³-hybridized carbons (Fsp3) is 0.133. The molecule has 21 heavy (non-hydrogen) atoms. The van der Waals surface area contributed by atoms with Crippen molar-refractivity contribution < 1.29 is 9.72 Å². The van der Waals surface area contributed by atoms with Crippen molar-refractivity contribution >= 4 is 17.3 Å². The van der Waals surface area contributed by atoms with E-state index in [1.165, 1.54) is 12.1 Å². The number of nitrogens with two attached hydrogens (primary N) is 1. The van der Waals surface area contributed by atoms with E-state index in [1.54, 1.807) is 37.3 Å². The van der Waals surface area contributed by atoms with Crippen molar-refractivity contribution in [3.8, 4) is 0 Å². The van der Waals surface area contributed by atoms with Crippen LogP contribution in [0.3, 0.4) is 0 Å². The lowest BCUT2D eigenvalue weighted by Crippen LogP contribution is -2.28. The summed E-state index contributed by atoms with van der Waals surface area (Å²) in [4.78, 5) is 22.4. The zero-order valence-electron chi connectivity index (χ0n) is 11.4. The molecule has 2 rings (SSSR count). The van der Waals surface area contributed by atoms with Gasteiger partial charge >= 0.3 is 0 Å². The van der Waals surface area contributed by atoms with Gasteiger partial charge in [-0.1, -0.05) is 36.4 Å². The molecule has 1 atom stereocenters. The number of hydrogen-bond donors (Lipinski definition) is 2. The molecular formula is C15H15N3O3. The molecule has 1 unspecified atom stereocenters. The maximum absolute atomic E-state index is 12.1. The van der Waals surface area contributed by atoms with Crippen molar-refractivity contribution in [3.05, 3.63) is 69.8 Å². The lowest BCUT2D eigenvalue weighted by atomic mass is 10.1. The monoisotopic (exact) mass is 285 g/mol. The van der Waals surface area contributed by atoms with Crippen LogP contribution in [0.1, 0.15) is 17.2 Å². The predicted molar refractivity (Wildman–Crippen MR) is 79.8 cm³/mol. The van der Waals surface area contributed by atoms with E-state index in [4.69, 9.17) is 5.73 Å². The number of aryl methyl sites for hydroxylation is 1. The highest BCUT2D eigenvalue weighted by Crippen LogP contribution is 2.23. The summed E-state index contributed by atoms with van der Waals surface area (Å²) in [5.74, 6) is -0.412. The van der Waals surface area contributed by atoms with Crippen molar-refractivity contribution in [1.29, 1.82) is 0 Å². The lowest BCUT2D eigenvalue weighted by Gasteiger charge is -2.13. The van der Waals surface area contributed by atoms with Crippen LogP contribution in [0.5, 0.6) is 0 Å². The molecule has 0 saturated heterocycles. The highest BCUT2D eigenvalue weighted by Gasteiger charge is 2.17. The summed E-state index contributed by atoms with van der Waals surface area (Å²) in [6, 6.07) is 12.4. The molecule has 3 N–H and O–H groups in total. The lowest BCUT2D eigenvalue weighted by molar-refractivity contribution is -0.384. The largest absolute Gasteiger partial charge is 0.324 e. The standard InChI is InChI=1S/C15H15N3O3/c1-10-7-8-12(18(20)21)9-13(10)17-15(19)14(16)11-5-3-2-4-6-11/h2-9,14H,16H2,1H3,(H,17,19). The van der Waals surface area contributed by atoms with Gasteiger partial charge in [0.15, 0.2) is 0 Å². The van der Waals surface area contributed by atoms with E-state index < -0.39 is 16.9 Å². The molecule has 0 aromatic heterocycles. The normalized spacial score (nSPS) is 11.7. The van der Waals surface area contributed by atoms with Crippen LogP contribution < -0.4 is 11.1 Å². The fourth-order valence-corrected chi connectivity index (χ4v) is 1.88. The van der Waals surface area contributed by atoms with Crippen LogP contribution in [0.25, 0.3) is 0 Å². The van der Waals surface area contributed by atoms with E-state index in [-0.39, 0.29) is 5.69 Å². The molecule has 0 aliphatic rings. The van der Waals surface area contributed by atoms with Gasteiger partial charge in [-0.2, -0.15) is 0 Å². The van der Waals surface area contributed by atoms with Crippen LogP contribution in [0.2, 0.25) is 0 Å². The summed E-state index contributed by atoms with van der Waals surface area (Å²) in [6.07, 6.45) is 0. The Morgan fingerprint density at radius 3 is 2.52 bits per heavy atom. The number of anilines is 1. The molecule has 2 aromatic rings. The SMILES string of the molecule is Cc1ccc([N+](=O)[O-])cc1NC(=O)C(N)c1ccccc1. The van der Waals surface area contributed by atoms with Gasteiger partial charge in [-0.3, -0.25) is 14.9 Å². The first-order valence-electron chi connectivity index (χ1n) is 6.35. The number of carbonyl (C=O) groups excluding carboxylic acids is 1. The molecule has 6 heteroatoms. The molecular weight excluding hydrogens is 270 g/mol. The van der Waals surface area contributed by atoms with Crippen LogP contribution in [-0.4, -0.2) is 10.8 Å². The molecule has 108 valence electrons. The summed E-state index contributed by atoms with van der Waals surface area (Å²) in [6.45, 7) is 1.76. The molecule has 0 spiro atoms. The average molecular weight is 285 g/mol. The number of rotatable bonds is 4. The molecule has 0 aliphatic carbocycles. The second-order valence-electron chi connectivity index (χ2n) is 4.63. The Labute approximate surface area is 121 Å². The van der Waals surface area contributed by atoms with Crippen molar-refractivity contribution in [2.45, 2.75) is 13.0 Å². The van der Waals surface area contributed by atoms with Gasteiger partial charge in [0.1, 0.15) is 6.04 Å². The van der Waals surface area contributed by atoms with Gasteiger partial charge in [-0.05, 0) is 18.1 Å². The number of benzene rings is 2. The zero-order valence-corrected chi connectivity index (χ0v) is 11.4. The first-order valence-corrected chi connectivity index (χ1v) is 6.35. The summed E-state index contributed by atoms with van der Waals surface area (Å²) in [7, 11) is 0. The molecule has 0 fully saturated rings. The van der Waals surface area contributed by atoms with E-state index in [9.17, 15) is 14.9 Å². The highest BCUT2D eigenvalue weighted by atomic mass is 16.6. The average Bonchev–Trinajstić information content (AvgIpc) is 2.49. The van der Waals surface area contributed by atoms with E-state index in [1.807, 2.05) is 6.07 Å². The number of hydrogen-bond acceptors (Lipinski definition) is 4. The quantitative estimate of drug-likeness (QED) is 0.666. The minimum atomic E-state index is -0.829. The van der Waals surface area contributed by atoms with Crippen molar-refractivity contribution in [2.24, 2.45) is 5.73 Å². The fourth-order valence-electron chi connectivity index (χ4n) is 1.88. The number of nitro benzene ring substituents is 1. The summed E-state index contributed by atoms with van der Waals surface area (Å²) in [5.41, 5.74) is 7.61. The number of amides is 1. The predicted octanol–water partition coefficient (Wildman–Crippen LogP) is 2.54. The first-order chi connectivity index (χ1) is 9.99. The van der Waals surface area contributed by atoms with Gasteiger partial charge < -0.3 is 11.1 Å². The number of carbonyl (C=O) groups is 1. The van der Waals surface area contributed by atoms with E-state index in [0.29, 0.717) is 11.3 Å². The van der Waals surface area contributed by atoms with Crippen LogP contribution in [-0.2, 0) is 4.79 Å². The Bertz CT molecular complexity index is 671. The molecule has 0 heterocycles. The summed E-state index contributed by atoms with van der Waals surface area (Å²) >= 11 is 0. The zero-order chi connectivity index (χ0) is 15.4. The number of nitrogens with zero attached hydrogens (tertiary/aromatic N) is 1. The van der Waals surface area contributed by atoms with Crippen molar-refractivity contribution in [2.75, 3.05) is 5.32 Å². The van der Waals surface area contributed by atoms with Crippen LogP contribution in [0.4, 0.5) is 11.4 Å².